The van der Waals surface area contributed by atoms with Gasteiger partial charge in [-0.05, 0) is 40.2 Å². The van der Waals surface area contributed by atoms with Crippen LogP contribution < -0.4 is 0 Å². The fourth-order valence-corrected chi connectivity index (χ4v) is 4.28. The van der Waals surface area contributed by atoms with Crippen molar-refractivity contribution in [3.05, 3.63) is 90.0 Å². The van der Waals surface area contributed by atoms with E-state index in [-0.39, 0.29) is 10.8 Å². The van der Waals surface area contributed by atoms with Crippen LogP contribution in [0.3, 0.4) is 0 Å². The molecule has 4 rings (SSSR count). The van der Waals surface area contributed by atoms with Crippen molar-refractivity contribution in [2.75, 3.05) is 0 Å². The Balaban J connectivity index is 2.12. The molecule has 1 aromatic heterocycles. The molecule has 0 unspecified atom stereocenters. The Morgan fingerprint density at radius 3 is 1.83 bits per heavy atom. The van der Waals surface area contributed by atoms with E-state index in [1.165, 1.54) is 39.0 Å². The summed E-state index contributed by atoms with van der Waals surface area (Å²) in [5.41, 5.74) is 7.94. The molecule has 0 fully saturated rings. The third kappa shape index (κ3) is 3.51. The van der Waals surface area contributed by atoms with Crippen LogP contribution in [-0.2, 0) is 10.8 Å². The van der Waals surface area contributed by atoms with Crippen LogP contribution in [0.1, 0.15) is 52.7 Å². The van der Waals surface area contributed by atoms with Gasteiger partial charge < -0.3 is 4.57 Å². The van der Waals surface area contributed by atoms with Gasteiger partial charge in [0.15, 0.2) is 0 Å². The van der Waals surface area contributed by atoms with Gasteiger partial charge in [0.1, 0.15) is 0 Å². The van der Waals surface area contributed by atoms with E-state index in [4.69, 9.17) is 0 Å². The Morgan fingerprint density at radius 2 is 1.14 bits per heavy atom. The summed E-state index contributed by atoms with van der Waals surface area (Å²) in [5, 5.41) is 1.27. The highest BCUT2D eigenvalue weighted by molar-refractivity contribution is 5.90. The topological polar surface area (TPSA) is 4.93 Å². The lowest BCUT2D eigenvalue weighted by Crippen LogP contribution is -2.16. The summed E-state index contributed by atoms with van der Waals surface area (Å²) in [4.78, 5) is 0. The highest BCUT2D eigenvalue weighted by Gasteiger charge is 2.24. The highest BCUT2D eigenvalue weighted by atomic mass is 15.0. The van der Waals surface area contributed by atoms with Crippen molar-refractivity contribution in [3.63, 3.8) is 0 Å². The molecule has 0 spiro atoms. The summed E-state index contributed by atoms with van der Waals surface area (Å²) < 4.78 is 2.46. The van der Waals surface area contributed by atoms with Gasteiger partial charge in [-0.15, -0.1) is 0 Å². The standard InChI is InChI=1S/C28H31N/c1-27(2,3)22-15-9-8-14-21(22)26-19-20-13-7-11-17-24(20)29(26)25-18-12-10-16-23(25)28(4,5)6/h7-19H,1-6H3. The first kappa shape index (κ1) is 19.5. The normalized spacial score (nSPS) is 12.5. The quantitative estimate of drug-likeness (QED) is 0.332. The number of fused-ring (bicyclic) bond motifs is 1. The number of hydrogen-bond donors (Lipinski definition) is 0. The fraction of sp³-hybridized carbons (Fsp3) is 0.286. The third-order valence-corrected chi connectivity index (χ3v) is 5.67. The lowest BCUT2D eigenvalue weighted by Gasteiger charge is -2.27. The van der Waals surface area contributed by atoms with Gasteiger partial charge in [0.25, 0.3) is 0 Å². The molecule has 0 aliphatic heterocycles. The molecular weight excluding hydrogens is 350 g/mol. The zero-order valence-corrected chi connectivity index (χ0v) is 18.5. The fourth-order valence-electron chi connectivity index (χ4n) is 4.28. The predicted octanol–water partition coefficient (Wildman–Crippen LogP) is 7.89. The van der Waals surface area contributed by atoms with Crippen molar-refractivity contribution >= 4 is 10.9 Å². The Kier molecular flexibility index (Phi) is 4.65. The molecule has 0 amide bonds. The summed E-state index contributed by atoms with van der Waals surface area (Å²) in [6.45, 7) is 13.8. The second-order valence-electron chi connectivity index (χ2n) is 9.99. The maximum absolute atomic E-state index is 2.46. The van der Waals surface area contributed by atoms with Crippen LogP contribution in [0, 0.1) is 0 Å². The van der Waals surface area contributed by atoms with E-state index >= 15 is 0 Å². The second-order valence-corrected chi connectivity index (χ2v) is 9.99. The predicted molar refractivity (Wildman–Crippen MR) is 126 cm³/mol. The number of nitrogens with zero attached hydrogens (tertiary/aromatic N) is 1. The van der Waals surface area contributed by atoms with Gasteiger partial charge >= 0.3 is 0 Å². The summed E-state index contributed by atoms with van der Waals surface area (Å²) in [6.07, 6.45) is 0. The third-order valence-electron chi connectivity index (χ3n) is 5.67. The van der Waals surface area contributed by atoms with Gasteiger partial charge in [-0.1, -0.05) is 102 Å². The second kappa shape index (κ2) is 6.91. The maximum Gasteiger partial charge on any atom is 0.0544 e. The van der Waals surface area contributed by atoms with Crippen LogP contribution in [-0.4, -0.2) is 4.57 Å². The molecule has 0 aliphatic rings. The molecule has 0 aliphatic carbocycles. The minimum atomic E-state index is 0.0583. The summed E-state index contributed by atoms with van der Waals surface area (Å²) >= 11 is 0. The van der Waals surface area contributed by atoms with Crippen LogP contribution in [0.15, 0.2) is 78.9 Å². The van der Waals surface area contributed by atoms with Crippen molar-refractivity contribution in [2.24, 2.45) is 0 Å². The van der Waals surface area contributed by atoms with Crippen molar-refractivity contribution in [3.8, 4) is 16.9 Å². The molecule has 0 N–H and O–H groups in total. The van der Waals surface area contributed by atoms with Gasteiger partial charge in [-0.25, -0.2) is 0 Å². The highest BCUT2D eigenvalue weighted by Crippen LogP contribution is 2.39. The minimum absolute atomic E-state index is 0.0583. The summed E-state index contributed by atoms with van der Waals surface area (Å²) in [5.74, 6) is 0. The lowest BCUT2D eigenvalue weighted by atomic mass is 9.82. The van der Waals surface area contributed by atoms with Gasteiger partial charge in [-0.3, -0.25) is 0 Å². The van der Waals surface area contributed by atoms with Crippen LogP contribution in [0.5, 0.6) is 0 Å². The molecular formula is C28H31N. The number of hydrogen-bond acceptors (Lipinski definition) is 0. The molecule has 148 valence electrons. The van der Waals surface area contributed by atoms with E-state index < -0.39 is 0 Å². The largest absolute Gasteiger partial charge is 0.309 e. The lowest BCUT2D eigenvalue weighted by molar-refractivity contribution is 0.586. The molecule has 0 saturated heterocycles. The molecule has 1 heteroatoms. The van der Waals surface area contributed by atoms with Crippen molar-refractivity contribution < 1.29 is 0 Å². The van der Waals surface area contributed by atoms with Crippen LogP contribution >= 0.6 is 0 Å². The molecule has 0 radical (unpaired) electrons. The molecule has 3 aromatic carbocycles. The van der Waals surface area contributed by atoms with Crippen LogP contribution in [0.4, 0.5) is 0 Å². The molecule has 0 atom stereocenters. The number of para-hydroxylation sites is 2. The zero-order chi connectivity index (χ0) is 20.8. The summed E-state index contributed by atoms with van der Waals surface area (Å²) in [6, 6.07) is 28.7. The van der Waals surface area contributed by atoms with E-state index in [1.807, 2.05) is 0 Å². The molecule has 1 heterocycles. The first-order valence-electron chi connectivity index (χ1n) is 10.5. The molecule has 29 heavy (non-hydrogen) atoms. The first-order valence-corrected chi connectivity index (χ1v) is 10.5. The van der Waals surface area contributed by atoms with Crippen molar-refractivity contribution in [1.29, 1.82) is 0 Å². The summed E-state index contributed by atoms with van der Waals surface area (Å²) in [7, 11) is 0. The van der Waals surface area contributed by atoms with Crippen LogP contribution in [0.2, 0.25) is 0 Å². The van der Waals surface area contributed by atoms with Crippen molar-refractivity contribution in [1.82, 2.24) is 4.57 Å². The Morgan fingerprint density at radius 1 is 0.586 bits per heavy atom. The number of rotatable bonds is 2. The monoisotopic (exact) mass is 381 g/mol. The van der Waals surface area contributed by atoms with Gasteiger partial charge in [0.05, 0.1) is 11.2 Å². The van der Waals surface area contributed by atoms with E-state index in [1.54, 1.807) is 0 Å². The molecule has 0 saturated carbocycles. The van der Waals surface area contributed by atoms with E-state index in [9.17, 15) is 0 Å². The minimum Gasteiger partial charge on any atom is -0.309 e. The molecule has 1 nitrogen and oxygen atoms in total. The smallest absolute Gasteiger partial charge is 0.0544 e. The average molecular weight is 382 g/mol. The molecule has 0 bridgehead atoms. The number of aromatic nitrogens is 1. The van der Waals surface area contributed by atoms with Gasteiger partial charge in [-0.2, -0.15) is 0 Å². The van der Waals surface area contributed by atoms with E-state index in [0.29, 0.717) is 0 Å². The van der Waals surface area contributed by atoms with E-state index in [0.717, 1.165) is 0 Å². The van der Waals surface area contributed by atoms with Crippen LogP contribution in [0.25, 0.3) is 27.8 Å². The molecule has 4 aromatic rings. The maximum atomic E-state index is 2.46. The van der Waals surface area contributed by atoms with Gasteiger partial charge in [0.2, 0.25) is 0 Å². The first-order chi connectivity index (χ1) is 13.7. The number of benzene rings is 3. The van der Waals surface area contributed by atoms with Crippen molar-refractivity contribution in [2.45, 2.75) is 52.4 Å². The average Bonchev–Trinajstić information content (AvgIpc) is 3.06. The Labute approximate surface area is 175 Å². The van der Waals surface area contributed by atoms with Gasteiger partial charge in [0, 0.05) is 16.6 Å². The Bertz CT molecular complexity index is 1160. The van der Waals surface area contributed by atoms with E-state index in [2.05, 4.69) is 125 Å². The Hall–Kier alpha value is -2.80. The SMILES string of the molecule is CC(C)(C)c1ccccc1-c1cc2ccccc2n1-c1ccccc1C(C)(C)C. The zero-order valence-electron chi connectivity index (χ0n) is 18.5.